The number of carbonyl (C=O) groups excluding carboxylic acids is 1. The van der Waals surface area contributed by atoms with E-state index in [-0.39, 0.29) is 28.6 Å². The minimum atomic E-state index is -0.563. The minimum Gasteiger partial charge on any atom is -0.502 e. The number of nitrogens with one attached hydrogen (secondary N) is 3. The number of fused-ring (bicyclic) bond motifs is 1. The highest BCUT2D eigenvalue weighted by Gasteiger charge is 2.38. The lowest BCUT2D eigenvalue weighted by Crippen LogP contribution is -2.29. The summed E-state index contributed by atoms with van der Waals surface area (Å²) < 4.78 is 10.5. The molecule has 4 rings (SSSR count). The van der Waals surface area contributed by atoms with E-state index in [0.717, 1.165) is 18.5 Å². The Labute approximate surface area is 148 Å². The van der Waals surface area contributed by atoms with Crippen LogP contribution in [-0.2, 0) is 4.79 Å². The Morgan fingerprint density at radius 3 is 2.42 bits per heavy atom. The summed E-state index contributed by atoms with van der Waals surface area (Å²) in [5.74, 6) is 0.321. The van der Waals surface area contributed by atoms with E-state index < -0.39 is 5.92 Å². The molecule has 8 heteroatoms. The summed E-state index contributed by atoms with van der Waals surface area (Å²) >= 11 is 0. The Balaban J connectivity index is 1.99. The number of methoxy groups -OCH3 is 2. The van der Waals surface area contributed by atoms with Gasteiger partial charge in [-0.25, -0.2) is 0 Å². The summed E-state index contributed by atoms with van der Waals surface area (Å²) in [4.78, 5) is 25.1. The monoisotopic (exact) mass is 357 g/mol. The van der Waals surface area contributed by atoms with E-state index in [9.17, 15) is 14.7 Å². The highest BCUT2D eigenvalue weighted by atomic mass is 16.5. The van der Waals surface area contributed by atoms with Crippen LogP contribution >= 0.6 is 0 Å². The smallest absolute Gasteiger partial charge is 0.270 e. The third kappa shape index (κ3) is 2.29. The second-order valence-electron chi connectivity index (χ2n) is 6.37. The normalized spacial score (nSPS) is 18.8. The molecule has 0 radical (unpaired) electrons. The molecule has 1 atom stereocenters. The average Bonchev–Trinajstić information content (AvgIpc) is 3.01. The molecular formula is C18H19N3O5. The molecule has 26 heavy (non-hydrogen) atoms. The molecule has 8 nitrogen and oxygen atoms in total. The number of anilines is 1. The first-order valence-electron chi connectivity index (χ1n) is 8.33. The lowest BCUT2D eigenvalue weighted by molar-refractivity contribution is -0.116. The highest BCUT2D eigenvalue weighted by Crippen LogP contribution is 2.47. The minimum absolute atomic E-state index is 0.0148. The lowest BCUT2D eigenvalue weighted by Gasteiger charge is -2.31. The van der Waals surface area contributed by atoms with Crippen LogP contribution in [0.2, 0.25) is 0 Å². The van der Waals surface area contributed by atoms with Gasteiger partial charge in [-0.1, -0.05) is 0 Å². The first-order valence-corrected chi connectivity index (χ1v) is 8.33. The van der Waals surface area contributed by atoms with Gasteiger partial charge in [0.25, 0.3) is 5.56 Å². The van der Waals surface area contributed by atoms with Gasteiger partial charge in [-0.2, -0.15) is 0 Å². The zero-order valence-corrected chi connectivity index (χ0v) is 14.4. The second-order valence-corrected chi connectivity index (χ2v) is 6.37. The van der Waals surface area contributed by atoms with E-state index in [2.05, 4.69) is 15.5 Å². The summed E-state index contributed by atoms with van der Waals surface area (Å²) in [5, 5.41) is 18.8. The number of carbonyl (C=O) groups is 1. The van der Waals surface area contributed by atoms with Gasteiger partial charge in [0.05, 0.1) is 19.8 Å². The predicted molar refractivity (Wildman–Crippen MR) is 94.0 cm³/mol. The number of aromatic hydroxyl groups is 1. The number of hydrogen-bond donors (Lipinski definition) is 4. The van der Waals surface area contributed by atoms with Gasteiger partial charge in [-0.05, 0) is 30.5 Å². The van der Waals surface area contributed by atoms with Crippen molar-refractivity contribution in [3.8, 4) is 17.2 Å². The first-order chi connectivity index (χ1) is 12.5. The fourth-order valence-electron chi connectivity index (χ4n) is 3.78. The van der Waals surface area contributed by atoms with Gasteiger partial charge in [0.2, 0.25) is 5.75 Å². The number of aromatic nitrogens is 2. The predicted octanol–water partition coefficient (Wildman–Crippen LogP) is 1.99. The fraction of sp³-hybridized carbons (Fsp3) is 0.333. The number of benzene rings is 1. The summed E-state index contributed by atoms with van der Waals surface area (Å²) in [6, 6.07) is 3.27. The van der Waals surface area contributed by atoms with Crippen molar-refractivity contribution < 1.29 is 19.4 Å². The van der Waals surface area contributed by atoms with E-state index in [4.69, 9.17) is 9.47 Å². The van der Waals surface area contributed by atoms with Gasteiger partial charge in [0, 0.05) is 23.6 Å². The molecule has 0 saturated carbocycles. The van der Waals surface area contributed by atoms with Crippen molar-refractivity contribution in [1.82, 2.24) is 10.2 Å². The van der Waals surface area contributed by atoms with Gasteiger partial charge in [-0.15, -0.1) is 0 Å². The third-order valence-electron chi connectivity index (χ3n) is 4.96. The molecule has 0 saturated heterocycles. The summed E-state index contributed by atoms with van der Waals surface area (Å²) in [6.45, 7) is 0. The van der Waals surface area contributed by atoms with E-state index in [1.807, 2.05) is 0 Å². The maximum Gasteiger partial charge on any atom is 0.270 e. The quantitative estimate of drug-likeness (QED) is 0.667. The molecule has 0 fully saturated rings. The molecule has 0 amide bonds. The topological polar surface area (TPSA) is 116 Å². The first kappa shape index (κ1) is 16.3. The largest absolute Gasteiger partial charge is 0.502 e. The molecule has 2 aromatic rings. The maximum atomic E-state index is 12.7. The van der Waals surface area contributed by atoms with E-state index in [1.54, 1.807) is 12.1 Å². The van der Waals surface area contributed by atoms with Gasteiger partial charge in [0.15, 0.2) is 17.3 Å². The molecule has 1 unspecified atom stereocenters. The number of ether oxygens (including phenoxy) is 2. The van der Waals surface area contributed by atoms with Gasteiger partial charge in [0.1, 0.15) is 5.82 Å². The van der Waals surface area contributed by atoms with Crippen molar-refractivity contribution in [2.24, 2.45) is 0 Å². The number of H-pyrrole nitrogens is 2. The van der Waals surface area contributed by atoms with E-state index >= 15 is 0 Å². The van der Waals surface area contributed by atoms with Gasteiger partial charge in [-0.3, -0.25) is 19.8 Å². The third-order valence-corrected chi connectivity index (χ3v) is 4.96. The van der Waals surface area contributed by atoms with Gasteiger partial charge >= 0.3 is 0 Å². The molecule has 4 N–H and O–H groups in total. The molecule has 2 aliphatic rings. The van der Waals surface area contributed by atoms with Crippen LogP contribution in [0, 0.1) is 0 Å². The van der Waals surface area contributed by atoms with Gasteiger partial charge < -0.3 is 19.9 Å². The number of rotatable bonds is 3. The molecule has 2 heterocycles. The standard InChI is InChI=1S/C18H19N3O5/c1-25-11-6-8(7-12(26-2)16(11)23)13-14-9(4-3-5-10(14)22)19-17-15(13)18(24)21-20-17/h6-7,13,23H,3-5H2,1-2H3,(H3,19,20,21,24). The summed E-state index contributed by atoms with van der Waals surface area (Å²) in [5.41, 5.74) is 2.19. The zero-order valence-electron chi connectivity index (χ0n) is 14.4. The highest BCUT2D eigenvalue weighted by molar-refractivity contribution is 6.01. The maximum absolute atomic E-state index is 12.7. The second kappa shape index (κ2) is 5.98. The molecule has 136 valence electrons. The molecule has 1 aliphatic heterocycles. The number of ketones is 1. The van der Waals surface area contributed by atoms with Crippen LogP contribution in [0.5, 0.6) is 17.2 Å². The van der Waals surface area contributed by atoms with E-state index in [0.29, 0.717) is 28.9 Å². The SMILES string of the molecule is COc1cc(C2C3=C(CCCC3=O)Nc3[nH][nH]c(=O)c32)cc(OC)c1O. The number of aromatic amines is 2. The van der Waals surface area contributed by atoms with Crippen molar-refractivity contribution in [3.05, 3.63) is 44.9 Å². The fourth-order valence-corrected chi connectivity index (χ4v) is 3.78. The Bertz CT molecular complexity index is 960. The van der Waals surface area contributed by atoms with Crippen molar-refractivity contribution in [3.63, 3.8) is 0 Å². The lowest BCUT2D eigenvalue weighted by atomic mass is 9.76. The van der Waals surface area contributed by atoms with Crippen LogP contribution in [0.15, 0.2) is 28.2 Å². The number of phenolic OH excluding ortho intramolecular Hbond substituents is 1. The number of allylic oxidation sites excluding steroid dienone is 2. The molecule has 1 aliphatic carbocycles. The van der Waals surface area contributed by atoms with Crippen LogP contribution in [0.25, 0.3) is 0 Å². The molecule has 1 aromatic carbocycles. The summed E-state index contributed by atoms with van der Waals surface area (Å²) in [7, 11) is 2.87. The molecule has 0 spiro atoms. The number of phenols is 1. The Hall–Kier alpha value is -3.16. The van der Waals surface area contributed by atoms with E-state index in [1.165, 1.54) is 14.2 Å². The molecule has 0 bridgehead atoms. The number of Topliss-reactive ketones (excluding diaryl/α,β-unsaturated/α-hetero) is 1. The van der Waals surface area contributed by atoms with Crippen molar-refractivity contribution >= 4 is 11.6 Å². The molecular weight excluding hydrogens is 338 g/mol. The Morgan fingerprint density at radius 1 is 1.08 bits per heavy atom. The van der Waals surface area contributed by atoms with Crippen molar-refractivity contribution in [2.45, 2.75) is 25.2 Å². The average molecular weight is 357 g/mol. The zero-order chi connectivity index (χ0) is 18.4. The van der Waals surface area contributed by atoms with Crippen molar-refractivity contribution in [1.29, 1.82) is 0 Å². The van der Waals surface area contributed by atoms with Crippen LogP contribution < -0.4 is 20.3 Å². The Morgan fingerprint density at radius 2 is 1.77 bits per heavy atom. The van der Waals surface area contributed by atoms with Crippen molar-refractivity contribution in [2.75, 3.05) is 19.5 Å². The van der Waals surface area contributed by atoms with Crippen LogP contribution in [0.4, 0.5) is 5.82 Å². The summed E-state index contributed by atoms with van der Waals surface area (Å²) in [6.07, 6.45) is 1.95. The van der Waals surface area contributed by atoms with Crippen LogP contribution in [0.3, 0.4) is 0 Å². The molecule has 1 aromatic heterocycles. The Kier molecular flexibility index (Phi) is 3.75. The van der Waals surface area contributed by atoms with Crippen LogP contribution in [0.1, 0.15) is 36.3 Å². The number of hydrogen-bond acceptors (Lipinski definition) is 6. The van der Waals surface area contributed by atoms with Crippen LogP contribution in [-0.4, -0.2) is 35.3 Å².